The van der Waals surface area contributed by atoms with Gasteiger partial charge in [-0.05, 0) is 30.5 Å². The second-order valence-electron chi connectivity index (χ2n) is 4.60. The predicted molar refractivity (Wildman–Crippen MR) is 73.3 cm³/mol. The average Bonchev–Trinajstić information content (AvgIpc) is 2.35. The Morgan fingerprint density at radius 1 is 1.29 bits per heavy atom. The Balaban J connectivity index is 2.46. The van der Waals surface area contributed by atoms with Gasteiger partial charge in [0, 0.05) is 30.1 Å². The molecule has 0 aliphatic carbocycles. The van der Waals surface area contributed by atoms with Gasteiger partial charge in [0.15, 0.2) is 0 Å². The number of nitrogens with one attached hydrogen (secondary N) is 1. The summed E-state index contributed by atoms with van der Waals surface area (Å²) >= 11 is 5.93. The second-order valence-corrected chi connectivity index (χ2v) is 5.04. The monoisotopic (exact) mass is 255 g/mol. The Hall–Kier alpha value is -0.570. The Kier molecular flexibility index (Phi) is 5.96. The normalized spacial score (nSPS) is 11.8. The van der Waals surface area contributed by atoms with Crippen LogP contribution in [-0.4, -0.2) is 18.3 Å². The molecule has 0 saturated carbocycles. The van der Waals surface area contributed by atoms with E-state index in [1.54, 1.807) is 0 Å². The van der Waals surface area contributed by atoms with Crippen LogP contribution < -0.4 is 5.32 Å². The van der Waals surface area contributed by atoms with Crippen molar-refractivity contribution < 1.29 is 5.11 Å². The number of halogens is 1. The topological polar surface area (TPSA) is 32.3 Å². The van der Waals surface area contributed by atoms with Gasteiger partial charge in [0.25, 0.3) is 0 Å². The van der Waals surface area contributed by atoms with Crippen molar-refractivity contribution in [2.24, 2.45) is 5.41 Å². The highest BCUT2D eigenvalue weighted by atomic mass is 35.5. The van der Waals surface area contributed by atoms with Crippen molar-refractivity contribution >= 4 is 11.6 Å². The molecule has 17 heavy (non-hydrogen) atoms. The summed E-state index contributed by atoms with van der Waals surface area (Å²) in [5.74, 6) is 0. The van der Waals surface area contributed by atoms with Gasteiger partial charge < -0.3 is 10.4 Å². The molecule has 0 radical (unpaired) electrons. The molecule has 3 heteroatoms. The summed E-state index contributed by atoms with van der Waals surface area (Å²) in [6.45, 7) is 6.12. The highest BCUT2D eigenvalue weighted by Crippen LogP contribution is 2.24. The molecule has 0 aliphatic heterocycles. The lowest BCUT2D eigenvalue weighted by Crippen LogP contribution is -2.36. The van der Waals surface area contributed by atoms with Gasteiger partial charge >= 0.3 is 0 Å². The number of aliphatic hydroxyl groups is 1. The third kappa shape index (κ3) is 4.30. The highest BCUT2D eigenvalue weighted by molar-refractivity contribution is 6.30. The first-order valence-electron chi connectivity index (χ1n) is 6.22. The Labute approximate surface area is 109 Å². The van der Waals surface area contributed by atoms with E-state index in [4.69, 9.17) is 11.6 Å². The summed E-state index contributed by atoms with van der Waals surface area (Å²) in [6, 6.07) is 7.85. The van der Waals surface area contributed by atoms with E-state index in [9.17, 15) is 5.11 Å². The largest absolute Gasteiger partial charge is 0.396 e. The summed E-state index contributed by atoms with van der Waals surface area (Å²) < 4.78 is 0. The first kappa shape index (κ1) is 14.5. The van der Waals surface area contributed by atoms with Crippen molar-refractivity contribution in [2.75, 3.05) is 13.2 Å². The molecule has 0 amide bonds. The van der Waals surface area contributed by atoms with Crippen molar-refractivity contribution in [2.45, 2.75) is 33.2 Å². The first-order valence-corrected chi connectivity index (χ1v) is 6.59. The van der Waals surface area contributed by atoms with E-state index >= 15 is 0 Å². The van der Waals surface area contributed by atoms with Gasteiger partial charge in [-0.25, -0.2) is 0 Å². The minimum Gasteiger partial charge on any atom is -0.396 e. The third-order valence-corrected chi connectivity index (χ3v) is 3.79. The van der Waals surface area contributed by atoms with Crippen molar-refractivity contribution in [1.29, 1.82) is 0 Å². The lowest BCUT2D eigenvalue weighted by Gasteiger charge is -2.29. The van der Waals surface area contributed by atoms with Crippen LogP contribution in [0.15, 0.2) is 24.3 Å². The molecule has 0 atom stereocenters. The molecule has 0 aromatic heterocycles. The summed E-state index contributed by atoms with van der Waals surface area (Å²) in [7, 11) is 0. The van der Waals surface area contributed by atoms with Crippen LogP contribution in [-0.2, 0) is 6.54 Å². The molecule has 0 fully saturated rings. The lowest BCUT2D eigenvalue weighted by molar-refractivity contribution is 0.113. The zero-order chi connectivity index (χ0) is 12.7. The summed E-state index contributed by atoms with van der Waals surface area (Å²) in [5, 5.41) is 13.6. The Morgan fingerprint density at radius 2 is 2.00 bits per heavy atom. The van der Waals surface area contributed by atoms with Crippen molar-refractivity contribution in [3.8, 4) is 0 Å². The van der Waals surface area contributed by atoms with Crippen LogP contribution in [0, 0.1) is 5.41 Å². The third-order valence-electron chi connectivity index (χ3n) is 3.55. The molecule has 2 nitrogen and oxygen atoms in total. The standard InChI is InChI=1S/C14H22ClNO/c1-3-14(4-2,11-17)10-16-9-12-6-5-7-13(15)8-12/h5-8,16-17H,3-4,9-11H2,1-2H3. The highest BCUT2D eigenvalue weighted by Gasteiger charge is 2.24. The van der Waals surface area contributed by atoms with E-state index in [0.717, 1.165) is 31.0 Å². The maximum atomic E-state index is 9.46. The van der Waals surface area contributed by atoms with Gasteiger partial charge in [0.05, 0.1) is 0 Å². The number of rotatable bonds is 7. The quantitative estimate of drug-likeness (QED) is 0.784. The van der Waals surface area contributed by atoms with Crippen molar-refractivity contribution in [3.05, 3.63) is 34.9 Å². The molecule has 2 N–H and O–H groups in total. The zero-order valence-electron chi connectivity index (χ0n) is 10.7. The molecule has 1 aromatic rings. The average molecular weight is 256 g/mol. The van der Waals surface area contributed by atoms with Crippen molar-refractivity contribution in [3.63, 3.8) is 0 Å². The fourth-order valence-electron chi connectivity index (χ4n) is 1.90. The van der Waals surface area contributed by atoms with E-state index in [2.05, 4.69) is 25.2 Å². The molecule has 1 aromatic carbocycles. The molecular weight excluding hydrogens is 234 g/mol. The minimum absolute atomic E-state index is 0.0125. The minimum atomic E-state index is 0.0125. The SMILES string of the molecule is CCC(CC)(CO)CNCc1cccc(Cl)c1. The maximum absolute atomic E-state index is 9.46. The van der Waals surface area contributed by atoms with Crippen LogP contribution in [0.1, 0.15) is 32.3 Å². The number of hydrogen-bond acceptors (Lipinski definition) is 2. The van der Waals surface area contributed by atoms with Gasteiger partial charge in [-0.1, -0.05) is 37.6 Å². The van der Waals surface area contributed by atoms with Crippen LogP contribution in [0.2, 0.25) is 5.02 Å². The molecule has 0 aliphatic rings. The van der Waals surface area contributed by atoms with Gasteiger partial charge in [-0.3, -0.25) is 0 Å². The smallest absolute Gasteiger partial charge is 0.0499 e. The van der Waals surface area contributed by atoms with E-state index < -0.39 is 0 Å². The number of hydrogen-bond donors (Lipinski definition) is 2. The molecule has 0 saturated heterocycles. The molecule has 96 valence electrons. The maximum Gasteiger partial charge on any atom is 0.0499 e. The van der Waals surface area contributed by atoms with Crippen LogP contribution >= 0.6 is 11.6 Å². The fourth-order valence-corrected chi connectivity index (χ4v) is 2.11. The number of benzene rings is 1. The summed E-state index contributed by atoms with van der Waals surface area (Å²) in [4.78, 5) is 0. The molecule has 0 heterocycles. The van der Waals surface area contributed by atoms with E-state index in [-0.39, 0.29) is 12.0 Å². The van der Waals surface area contributed by atoms with Crippen molar-refractivity contribution in [1.82, 2.24) is 5.32 Å². The van der Waals surface area contributed by atoms with Gasteiger partial charge in [0.1, 0.15) is 0 Å². The fraction of sp³-hybridized carbons (Fsp3) is 0.571. The second kappa shape index (κ2) is 7.00. The molecule has 0 bridgehead atoms. The van der Waals surface area contributed by atoms with E-state index in [1.807, 2.05) is 18.2 Å². The van der Waals surface area contributed by atoms with Gasteiger partial charge in [-0.15, -0.1) is 0 Å². The molecule has 0 spiro atoms. The summed E-state index contributed by atoms with van der Waals surface area (Å²) in [5.41, 5.74) is 1.19. The Morgan fingerprint density at radius 3 is 2.53 bits per heavy atom. The predicted octanol–water partition coefficient (Wildman–Crippen LogP) is 3.23. The first-order chi connectivity index (χ1) is 8.15. The van der Waals surface area contributed by atoms with Crippen LogP contribution in [0.5, 0.6) is 0 Å². The number of aliphatic hydroxyl groups excluding tert-OH is 1. The molecular formula is C14H22ClNO. The van der Waals surface area contributed by atoms with E-state index in [1.165, 1.54) is 5.56 Å². The van der Waals surface area contributed by atoms with Crippen LogP contribution in [0.3, 0.4) is 0 Å². The molecule has 0 unspecified atom stereocenters. The van der Waals surface area contributed by atoms with Gasteiger partial charge in [0.2, 0.25) is 0 Å². The van der Waals surface area contributed by atoms with Gasteiger partial charge in [-0.2, -0.15) is 0 Å². The van der Waals surface area contributed by atoms with Crippen LogP contribution in [0.4, 0.5) is 0 Å². The Bertz CT molecular complexity index is 328. The zero-order valence-corrected chi connectivity index (χ0v) is 11.4. The van der Waals surface area contributed by atoms with E-state index in [0.29, 0.717) is 0 Å². The van der Waals surface area contributed by atoms with Crippen LogP contribution in [0.25, 0.3) is 0 Å². The molecule has 1 rings (SSSR count). The lowest BCUT2D eigenvalue weighted by atomic mass is 9.83. The summed E-state index contributed by atoms with van der Waals surface area (Å²) in [6.07, 6.45) is 1.98.